The first-order chi connectivity index (χ1) is 8.72. The molecule has 1 heterocycles. The molecule has 0 aromatic carbocycles. The fourth-order valence-electron chi connectivity index (χ4n) is 2.78. The largest absolute Gasteiger partial charge is 0.478 e. The summed E-state index contributed by atoms with van der Waals surface area (Å²) in [5.74, 6) is -0.275. The van der Waals surface area contributed by atoms with Crippen molar-refractivity contribution in [1.82, 2.24) is 4.98 Å². The lowest BCUT2D eigenvalue weighted by Crippen LogP contribution is -2.32. The third-order valence-corrected chi connectivity index (χ3v) is 3.83. The van der Waals surface area contributed by atoms with E-state index < -0.39 is 5.97 Å². The molecule has 0 bridgehead atoms. The molecule has 2 rings (SSSR count). The molecule has 1 aliphatic rings. The lowest BCUT2D eigenvalue weighted by Gasteiger charge is -2.32. The molecule has 0 aliphatic heterocycles. The van der Waals surface area contributed by atoms with Crippen LogP contribution in [0.15, 0.2) is 18.5 Å². The molecule has 0 spiro atoms. The van der Waals surface area contributed by atoms with Crippen molar-refractivity contribution < 1.29 is 9.90 Å². The average Bonchev–Trinajstić information content (AvgIpc) is 2.40. The number of carboxylic acids is 1. The summed E-state index contributed by atoms with van der Waals surface area (Å²) in [4.78, 5) is 15.0. The lowest BCUT2D eigenvalue weighted by molar-refractivity contribution is 0.0697. The smallest absolute Gasteiger partial charge is 0.339 e. The highest BCUT2D eigenvalue weighted by atomic mass is 16.4. The number of carboxylic acid groups (broad SMARTS) is 1. The fraction of sp³-hybridized carbons (Fsp3) is 0.571. The molecule has 2 unspecified atom stereocenters. The molecule has 0 radical (unpaired) electrons. The summed E-state index contributed by atoms with van der Waals surface area (Å²) in [7, 11) is 0. The monoisotopic (exact) mass is 248 g/mol. The van der Waals surface area contributed by atoms with Gasteiger partial charge in [0.25, 0.3) is 0 Å². The summed E-state index contributed by atoms with van der Waals surface area (Å²) < 4.78 is 0. The molecule has 2 atom stereocenters. The molecule has 1 aromatic rings. The van der Waals surface area contributed by atoms with Crippen LogP contribution in [-0.2, 0) is 0 Å². The second kappa shape index (κ2) is 5.85. The average molecular weight is 248 g/mol. The second-order valence-corrected chi connectivity index (χ2v) is 4.93. The number of pyridine rings is 1. The van der Waals surface area contributed by atoms with Gasteiger partial charge in [-0.05, 0) is 24.8 Å². The Morgan fingerprint density at radius 2 is 2.28 bits per heavy atom. The highest BCUT2D eigenvalue weighted by Gasteiger charge is 2.24. The van der Waals surface area contributed by atoms with Gasteiger partial charge in [-0.15, -0.1) is 0 Å². The molecule has 4 heteroatoms. The number of rotatable bonds is 4. The highest BCUT2D eigenvalue weighted by molar-refractivity contribution is 5.93. The molecule has 1 saturated carbocycles. The van der Waals surface area contributed by atoms with Gasteiger partial charge in [0, 0.05) is 18.4 Å². The number of aromatic nitrogens is 1. The van der Waals surface area contributed by atoms with Crippen molar-refractivity contribution in [3.05, 3.63) is 24.0 Å². The first kappa shape index (κ1) is 12.9. The van der Waals surface area contributed by atoms with Gasteiger partial charge in [0.05, 0.1) is 5.69 Å². The maximum Gasteiger partial charge on any atom is 0.339 e. The van der Waals surface area contributed by atoms with E-state index in [2.05, 4.69) is 17.2 Å². The molecule has 2 N–H and O–H groups in total. The predicted octanol–water partition coefficient (Wildman–Crippen LogP) is 3.16. The Labute approximate surface area is 107 Å². The standard InChI is InChI=1S/C14H20N2O2/c1-2-10-5-3-4-6-12(10)16-13-7-8-15-9-11(13)14(17)18/h7-10,12H,2-6H2,1H3,(H,15,16)(H,17,18). The third kappa shape index (κ3) is 2.81. The topological polar surface area (TPSA) is 62.2 Å². The molecule has 1 aliphatic carbocycles. The van der Waals surface area contributed by atoms with Crippen molar-refractivity contribution in [2.75, 3.05) is 5.32 Å². The minimum atomic E-state index is -0.922. The van der Waals surface area contributed by atoms with Crippen LogP contribution in [0.3, 0.4) is 0 Å². The number of nitrogens with one attached hydrogen (secondary N) is 1. The van der Waals surface area contributed by atoms with E-state index in [0.717, 1.165) is 12.8 Å². The van der Waals surface area contributed by atoms with Gasteiger partial charge in [0.2, 0.25) is 0 Å². The van der Waals surface area contributed by atoms with E-state index in [1.54, 1.807) is 12.3 Å². The third-order valence-electron chi connectivity index (χ3n) is 3.83. The van der Waals surface area contributed by atoms with Gasteiger partial charge in [-0.2, -0.15) is 0 Å². The maximum atomic E-state index is 11.1. The number of anilines is 1. The predicted molar refractivity (Wildman–Crippen MR) is 70.9 cm³/mol. The van der Waals surface area contributed by atoms with Crippen LogP contribution in [0.5, 0.6) is 0 Å². The Hall–Kier alpha value is -1.58. The molecule has 18 heavy (non-hydrogen) atoms. The zero-order valence-corrected chi connectivity index (χ0v) is 10.7. The first-order valence-electron chi connectivity index (χ1n) is 6.66. The maximum absolute atomic E-state index is 11.1. The number of nitrogens with zero attached hydrogens (tertiary/aromatic N) is 1. The summed E-state index contributed by atoms with van der Waals surface area (Å²) in [5.41, 5.74) is 0.959. The molecule has 4 nitrogen and oxygen atoms in total. The van der Waals surface area contributed by atoms with E-state index >= 15 is 0 Å². The minimum Gasteiger partial charge on any atom is -0.478 e. The molecular weight excluding hydrogens is 228 g/mol. The lowest BCUT2D eigenvalue weighted by atomic mass is 9.82. The van der Waals surface area contributed by atoms with E-state index in [9.17, 15) is 4.79 Å². The van der Waals surface area contributed by atoms with Crippen molar-refractivity contribution in [2.24, 2.45) is 5.92 Å². The fourth-order valence-corrected chi connectivity index (χ4v) is 2.78. The Balaban J connectivity index is 2.15. The van der Waals surface area contributed by atoms with Crippen LogP contribution in [0.25, 0.3) is 0 Å². The molecule has 1 fully saturated rings. The van der Waals surface area contributed by atoms with Crippen molar-refractivity contribution >= 4 is 11.7 Å². The normalized spacial score (nSPS) is 23.6. The van der Waals surface area contributed by atoms with Gasteiger partial charge in [-0.25, -0.2) is 4.79 Å². The van der Waals surface area contributed by atoms with Gasteiger partial charge in [-0.1, -0.05) is 26.2 Å². The Kier molecular flexibility index (Phi) is 4.18. The van der Waals surface area contributed by atoms with E-state index in [1.807, 2.05) is 0 Å². The number of hydrogen-bond acceptors (Lipinski definition) is 3. The van der Waals surface area contributed by atoms with Gasteiger partial charge < -0.3 is 10.4 Å². The summed E-state index contributed by atoms with van der Waals surface area (Å²) >= 11 is 0. The van der Waals surface area contributed by atoms with Crippen LogP contribution < -0.4 is 5.32 Å². The van der Waals surface area contributed by atoms with Crippen LogP contribution >= 0.6 is 0 Å². The van der Waals surface area contributed by atoms with E-state index in [-0.39, 0.29) is 5.56 Å². The van der Waals surface area contributed by atoms with Crippen LogP contribution in [0, 0.1) is 5.92 Å². The van der Waals surface area contributed by atoms with Gasteiger partial charge in [0.15, 0.2) is 0 Å². The molecule has 0 saturated heterocycles. The summed E-state index contributed by atoms with van der Waals surface area (Å²) in [6.07, 6.45) is 9.07. The van der Waals surface area contributed by atoms with Gasteiger partial charge >= 0.3 is 5.97 Å². The van der Waals surface area contributed by atoms with Crippen molar-refractivity contribution in [2.45, 2.75) is 45.1 Å². The number of hydrogen-bond donors (Lipinski definition) is 2. The number of carbonyl (C=O) groups is 1. The number of aromatic carboxylic acids is 1. The Bertz CT molecular complexity index is 420. The Morgan fingerprint density at radius 1 is 1.50 bits per heavy atom. The van der Waals surface area contributed by atoms with Crippen molar-refractivity contribution in [3.63, 3.8) is 0 Å². The van der Waals surface area contributed by atoms with Crippen LogP contribution in [-0.4, -0.2) is 22.1 Å². The zero-order chi connectivity index (χ0) is 13.0. The molecule has 98 valence electrons. The molecular formula is C14H20N2O2. The van der Waals surface area contributed by atoms with Crippen molar-refractivity contribution in [1.29, 1.82) is 0 Å². The van der Waals surface area contributed by atoms with Crippen molar-refractivity contribution in [3.8, 4) is 0 Å². The van der Waals surface area contributed by atoms with E-state index in [1.165, 1.54) is 25.5 Å². The van der Waals surface area contributed by atoms with Crippen LogP contribution in [0.2, 0.25) is 0 Å². The highest BCUT2D eigenvalue weighted by Crippen LogP contribution is 2.30. The zero-order valence-electron chi connectivity index (χ0n) is 10.7. The van der Waals surface area contributed by atoms with Crippen LogP contribution in [0.4, 0.5) is 5.69 Å². The molecule has 0 amide bonds. The van der Waals surface area contributed by atoms with Gasteiger partial charge in [-0.3, -0.25) is 4.98 Å². The SMILES string of the molecule is CCC1CCCCC1Nc1ccncc1C(=O)O. The van der Waals surface area contributed by atoms with E-state index in [0.29, 0.717) is 17.6 Å². The van der Waals surface area contributed by atoms with Crippen LogP contribution in [0.1, 0.15) is 49.4 Å². The quantitative estimate of drug-likeness (QED) is 0.859. The Morgan fingerprint density at radius 3 is 3.00 bits per heavy atom. The minimum absolute atomic E-state index is 0.262. The molecule has 1 aromatic heterocycles. The van der Waals surface area contributed by atoms with Gasteiger partial charge in [0.1, 0.15) is 5.56 Å². The van der Waals surface area contributed by atoms with E-state index in [4.69, 9.17) is 5.11 Å². The second-order valence-electron chi connectivity index (χ2n) is 4.93. The summed E-state index contributed by atoms with van der Waals surface area (Å²) in [6, 6.07) is 2.15. The summed E-state index contributed by atoms with van der Waals surface area (Å²) in [6.45, 7) is 2.20. The summed E-state index contributed by atoms with van der Waals surface area (Å²) in [5, 5.41) is 12.5. The first-order valence-corrected chi connectivity index (χ1v) is 6.66.